The Morgan fingerprint density at radius 1 is 0.278 bits per heavy atom. The van der Waals surface area contributed by atoms with Crippen molar-refractivity contribution in [1.29, 1.82) is 0 Å². The first-order valence-corrected chi connectivity index (χ1v) is 25.0. The van der Waals surface area contributed by atoms with Crippen LogP contribution in [0.15, 0.2) is 261 Å². The van der Waals surface area contributed by atoms with Crippen LogP contribution in [-0.2, 0) is 5.41 Å². The van der Waals surface area contributed by atoms with E-state index in [1.54, 1.807) is 0 Å². The van der Waals surface area contributed by atoms with Gasteiger partial charge in [-0.3, -0.25) is 0 Å². The Balaban J connectivity index is 0.928. The first kappa shape index (κ1) is 41.8. The second-order valence-corrected chi connectivity index (χ2v) is 19.8. The summed E-state index contributed by atoms with van der Waals surface area (Å²) < 4.78 is 4.78. The average molecular weight is 920 g/mol. The van der Waals surface area contributed by atoms with E-state index >= 15 is 0 Å². The normalized spacial score (nSPS) is 12.7. The van der Waals surface area contributed by atoms with Crippen molar-refractivity contribution in [3.63, 3.8) is 0 Å². The molecule has 3 nitrogen and oxygen atoms in total. The fourth-order valence-electron chi connectivity index (χ4n) is 11.8. The molecule has 0 saturated heterocycles. The molecule has 0 unspecified atom stereocenters. The van der Waals surface area contributed by atoms with Crippen molar-refractivity contribution in [2.75, 3.05) is 4.90 Å². The topological polar surface area (TPSA) is 13.1 Å². The van der Waals surface area contributed by atoms with Crippen LogP contribution in [0.25, 0.3) is 99.5 Å². The van der Waals surface area contributed by atoms with Crippen molar-refractivity contribution in [2.45, 2.75) is 19.3 Å². The first-order chi connectivity index (χ1) is 35.5. The molecule has 0 amide bonds. The number of hydrogen-bond donors (Lipinski definition) is 0. The Kier molecular flexibility index (Phi) is 9.56. The van der Waals surface area contributed by atoms with Crippen LogP contribution in [0.5, 0.6) is 0 Å². The van der Waals surface area contributed by atoms with Crippen molar-refractivity contribution >= 4 is 60.7 Å². The van der Waals surface area contributed by atoms with Crippen LogP contribution >= 0.6 is 0 Å². The molecule has 72 heavy (non-hydrogen) atoms. The average Bonchev–Trinajstić information content (AvgIpc) is 4.04. The van der Waals surface area contributed by atoms with Gasteiger partial charge in [0.2, 0.25) is 0 Å². The summed E-state index contributed by atoms with van der Waals surface area (Å²) in [5.41, 5.74) is 22.8. The van der Waals surface area contributed by atoms with Gasteiger partial charge in [0.15, 0.2) is 0 Å². The molecular weight excluding hydrogens is 871 g/mol. The van der Waals surface area contributed by atoms with Gasteiger partial charge in [-0.05, 0) is 171 Å². The number of hydrogen-bond acceptors (Lipinski definition) is 1. The molecule has 0 saturated carbocycles. The van der Waals surface area contributed by atoms with E-state index in [2.05, 4.69) is 289 Å². The van der Waals surface area contributed by atoms with Crippen LogP contribution in [0, 0.1) is 0 Å². The van der Waals surface area contributed by atoms with E-state index in [4.69, 9.17) is 0 Å². The van der Waals surface area contributed by atoms with Crippen molar-refractivity contribution in [1.82, 2.24) is 9.13 Å². The predicted molar refractivity (Wildman–Crippen MR) is 304 cm³/mol. The standard InChI is InChI=1S/C69H49N3/c1-69(2)63-27-15-12-24-57(63)60-45-56(36-37-64(60)69)70(52-18-6-3-7-19-52)55-34-30-46(31-35-55)49-40-50(47-32-38-67-61(43-47)58-25-13-16-28-65(58)71(67)53-20-8-4-9-21-53)42-51(41-49)48-33-39-68-62(44-48)59-26-14-17-29-66(59)72(68)54-22-10-5-11-23-54/h3-45H,1-2H3. The third kappa shape index (κ3) is 6.66. The molecular formula is C69H49N3. The molecule has 0 radical (unpaired) electrons. The molecule has 0 fully saturated rings. The lowest BCUT2D eigenvalue weighted by Gasteiger charge is -2.27. The molecule has 0 N–H and O–H groups in total. The maximum absolute atomic E-state index is 2.40. The zero-order valence-electron chi connectivity index (χ0n) is 40.2. The highest BCUT2D eigenvalue weighted by molar-refractivity contribution is 6.12. The summed E-state index contributed by atoms with van der Waals surface area (Å²) in [6.45, 7) is 4.69. The van der Waals surface area contributed by atoms with E-state index in [1.165, 1.54) is 88.1 Å². The van der Waals surface area contributed by atoms with Crippen LogP contribution in [-0.4, -0.2) is 9.13 Å². The molecule has 1 aliphatic carbocycles. The van der Waals surface area contributed by atoms with E-state index in [0.717, 1.165) is 39.6 Å². The summed E-state index contributed by atoms with van der Waals surface area (Å²) in [5.74, 6) is 0. The van der Waals surface area contributed by atoms with Gasteiger partial charge in [0, 0.05) is 55.4 Å². The van der Waals surface area contributed by atoms with Gasteiger partial charge in [0.1, 0.15) is 0 Å². The minimum absolute atomic E-state index is 0.0589. The molecule has 2 heterocycles. The number of para-hydroxylation sites is 5. The molecule has 13 aromatic rings. The molecule has 0 atom stereocenters. The van der Waals surface area contributed by atoms with Crippen molar-refractivity contribution in [2.24, 2.45) is 0 Å². The molecule has 3 heteroatoms. The van der Waals surface area contributed by atoms with Crippen LogP contribution in [0.3, 0.4) is 0 Å². The van der Waals surface area contributed by atoms with Crippen LogP contribution in [0.1, 0.15) is 25.0 Å². The highest BCUT2D eigenvalue weighted by Gasteiger charge is 2.35. The molecule has 2 aromatic heterocycles. The van der Waals surface area contributed by atoms with E-state index in [0.29, 0.717) is 0 Å². The molecule has 0 bridgehead atoms. The predicted octanol–water partition coefficient (Wildman–Crippen LogP) is 18.7. The monoisotopic (exact) mass is 919 g/mol. The molecule has 1 aliphatic rings. The lowest BCUT2D eigenvalue weighted by atomic mass is 9.82. The molecule has 14 rings (SSSR count). The number of aromatic nitrogens is 2. The van der Waals surface area contributed by atoms with Crippen LogP contribution in [0.4, 0.5) is 17.1 Å². The van der Waals surface area contributed by atoms with Gasteiger partial charge >= 0.3 is 0 Å². The fraction of sp³-hybridized carbons (Fsp3) is 0.0435. The van der Waals surface area contributed by atoms with Gasteiger partial charge in [-0.15, -0.1) is 0 Å². The second-order valence-electron chi connectivity index (χ2n) is 19.8. The number of anilines is 3. The lowest BCUT2D eigenvalue weighted by Crippen LogP contribution is -2.15. The van der Waals surface area contributed by atoms with Gasteiger partial charge in [0.25, 0.3) is 0 Å². The Hall–Kier alpha value is -9.18. The first-order valence-electron chi connectivity index (χ1n) is 25.0. The number of nitrogens with zero attached hydrogens (tertiary/aromatic N) is 3. The summed E-state index contributed by atoms with van der Waals surface area (Å²) in [6.07, 6.45) is 0. The highest BCUT2D eigenvalue weighted by atomic mass is 15.1. The molecule has 0 spiro atoms. The minimum Gasteiger partial charge on any atom is -0.310 e. The van der Waals surface area contributed by atoms with Crippen molar-refractivity contribution in [3.8, 4) is 55.9 Å². The zero-order valence-corrected chi connectivity index (χ0v) is 40.2. The van der Waals surface area contributed by atoms with Crippen LogP contribution in [0.2, 0.25) is 0 Å². The van der Waals surface area contributed by atoms with E-state index in [1.807, 2.05) is 0 Å². The Bertz CT molecular complexity index is 4040. The molecule has 0 aliphatic heterocycles. The number of benzene rings is 11. The van der Waals surface area contributed by atoms with Gasteiger partial charge in [-0.25, -0.2) is 0 Å². The SMILES string of the molecule is CC1(C)c2ccccc2-c2cc(N(c3ccccc3)c3ccc(-c4cc(-c5ccc6c(c5)c5ccccc5n6-c5ccccc5)cc(-c5ccc6c(c5)c5ccccc5n6-c5ccccc5)c4)cc3)ccc21. The fourth-order valence-corrected chi connectivity index (χ4v) is 11.8. The summed E-state index contributed by atoms with van der Waals surface area (Å²) in [5, 5.41) is 4.95. The van der Waals surface area contributed by atoms with Gasteiger partial charge in [0.05, 0.1) is 22.1 Å². The van der Waals surface area contributed by atoms with Gasteiger partial charge < -0.3 is 14.0 Å². The summed E-state index contributed by atoms with van der Waals surface area (Å²) in [6, 6.07) is 96.0. The van der Waals surface area contributed by atoms with E-state index < -0.39 is 0 Å². The Morgan fingerprint density at radius 3 is 1.26 bits per heavy atom. The quantitative estimate of drug-likeness (QED) is 0.148. The lowest BCUT2D eigenvalue weighted by molar-refractivity contribution is 0.660. The zero-order chi connectivity index (χ0) is 47.9. The number of rotatable bonds is 8. The van der Waals surface area contributed by atoms with E-state index in [9.17, 15) is 0 Å². The third-order valence-corrected chi connectivity index (χ3v) is 15.3. The van der Waals surface area contributed by atoms with E-state index in [-0.39, 0.29) is 5.41 Å². The summed E-state index contributed by atoms with van der Waals surface area (Å²) in [4.78, 5) is 2.39. The second kappa shape index (κ2) is 16.5. The summed E-state index contributed by atoms with van der Waals surface area (Å²) >= 11 is 0. The van der Waals surface area contributed by atoms with Crippen molar-refractivity contribution < 1.29 is 0 Å². The maximum atomic E-state index is 2.40. The third-order valence-electron chi connectivity index (χ3n) is 15.3. The number of fused-ring (bicyclic) bond motifs is 9. The van der Waals surface area contributed by atoms with Crippen LogP contribution < -0.4 is 4.90 Å². The Labute approximate surface area is 419 Å². The van der Waals surface area contributed by atoms with Gasteiger partial charge in [-0.1, -0.05) is 159 Å². The minimum atomic E-state index is -0.0589. The smallest absolute Gasteiger partial charge is 0.0541 e. The maximum Gasteiger partial charge on any atom is 0.0541 e. The van der Waals surface area contributed by atoms with Crippen molar-refractivity contribution in [3.05, 3.63) is 272 Å². The molecule has 11 aromatic carbocycles. The largest absolute Gasteiger partial charge is 0.310 e. The molecule has 340 valence electrons. The summed E-state index contributed by atoms with van der Waals surface area (Å²) in [7, 11) is 0. The highest BCUT2D eigenvalue weighted by Crippen LogP contribution is 2.51. The van der Waals surface area contributed by atoms with Gasteiger partial charge in [-0.2, -0.15) is 0 Å². The Morgan fingerprint density at radius 2 is 0.694 bits per heavy atom.